The van der Waals surface area contributed by atoms with Gasteiger partial charge in [-0.05, 0) is 49.9 Å². The molecule has 2 N–H and O–H groups in total. The van der Waals surface area contributed by atoms with Gasteiger partial charge in [-0.25, -0.2) is 13.2 Å². The maximum absolute atomic E-state index is 12.6. The smallest absolute Gasteiger partial charge is 0.361 e. The third-order valence-corrected chi connectivity index (χ3v) is 7.12. The molecule has 7 nitrogen and oxygen atoms in total. The summed E-state index contributed by atoms with van der Waals surface area (Å²) in [4.78, 5) is 11.6. The molecule has 1 heterocycles. The van der Waals surface area contributed by atoms with Crippen LogP contribution in [0.2, 0.25) is 5.02 Å². The van der Waals surface area contributed by atoms with Crippen LogP contribution >= 0.6 is 11.6 Å². The van der Waals surface area contributed by atoms with Crippen LogP contribution in [0, 0.1) is 6.92 Å². The van der Waals surface area contributed by atoms with Gasteiger partial charge < -0.3 is 14.6 Å². The van der Waals surface area contributed by atoms with Crippen LogP contribution in [-0.4, -0.2) is 31.8 Å². The fourth-order valence-corrected chi connectivity index (χ4v) is 5.15. The fourth-order valence-electron chi connectivity index (χ4n) is 3.82. The monoisotopic (exact) mass is 437 g/mol. The number of ether oxygens (including phenoxy) is 2. The van der Waals surface area contributed by atoms with Gasteiger partial charge in [0, 0.05) is 16.5 Å². The number of carboxylic acid groups (broad SMARTS) is 1. The van der Waals surface area contributed by atoms with Crippen LogP contribution in [0.1, 0.15) is 36.3 Å². The lowest BCUT2D eigenvalue weighted by Crippen LogP contribution is -2.44. The summed E-state index contributed by atoms with van der Waals surface area (Å²) >= 11 is 6.00. The van der Waals surface area contributed by atoms with E-state index in [0.29, 0.717) is 11.3 Å². The molecule has 9 heteroatoms. The van der Waals surface area contributed by atoms with Crippen molar-refractivity contribution >= 4 is 27.6 Å². The highest BCUT2D eigenvalue weighted by Crippen LogP contribution is 2.50. The molecular weight excluding hydrogens is 418 g/mol. The molecule has 1 saturated carbocycles. The van der Waals surface area contributed by atoms with Gasteiger partial charge in [0.15, 0.2) is 11.5 Å². The number of hydrogen-bond acceptors (Lipinski definition) is 5. The summed E-state index contributed by atoms with van der Waals surface area (Å²) in [5, 5.41) is 9.80. The van der Waals surface area contributed by atoms with Gasteiger partial charge in [-0.3, -0.25) is 0 Å². The highest BCUT2D eigenvalue weighted by molar-refractivity contribution is 7.89. The normalized spacial score (nSPS) is 21.2. The Labute approximate surface area is 173 Å². The summed E-state index contributed by atoms with van der Waals surface area (Å²) in [6.07, 6.45) is 1.25. The molecule has 0 amide bonds. The van der Waals surface area contributed by atoms with Crippen molar-refractivity contribution in [3.8, 4) is 11.5 Å². The Balaban J connectivity index is 1.59. The van der Waals surface area contributed by atoms with Crippen molar-refractivity contribution in [2.75, 3.05) is 0 Å². The molecule has 0 aromatic heterocycles. The quantitative estimate of drug-likeness (QED) is 0.671. The van der Waals surface area contributed by atoms with E-state index in [1.54, 1.807) is 25.1 Å². The first-order valence-corrected chi connectivity index (χ1v) is 11.1. The predicted molar refractivity (Wildman–Crippen MR) is 106 cm³/mol. The molecule has 29 heavy (non-hydrogen) atoms. The third-order valence-electron chi connectivity index (χ3n) is 5.32. The van der Waals surface area contributed by atoms with Gasteiger partial charge in [-0.2, -0.15) is 4.72 Å². The molecule has 0 bridgehead atoms. The summed E-state index contributed by atoms with van der Waals surface area (Å²) < 4.78 is 38.9. The molecule has 1 fully saturated rings. The summed E-state index contributed by atoms with van der Waals surface area (Å²) in [6.45, 7) is 1.74. The lowest BCUT2D eigenvalue weighted by atomic mass is 9.97. The maximum Gasteiger partial charge on any atom is 0.361 e. The Morgan fingerprint density at radius 2 is 2.10 bits per heavy atom. The molecule has 1 aliphatic heterocycles. The summed E-state index contributed by atoms with van der Waals surface area (Å²) in [5.74, 6) is -0.509. The molecule has 3 unspecified atom stereocenters. The number of halogens is 1. The molecule has 4 rings (SSSR count). The second kappa shape index (κ2) is 7.51. The Kier molecular flexibility index (Phi) is 5.18. The van der Waals surface area contributed by atoms with E-state index in [9.17, 15) is 18.3 Å². The van der Waals surface area contributed by atoms with Gasteiger partial charge in [0.25, 0.3) is 6.23 Å². The number of nitrogens with one attached hydrogen (secondary N) is 1. The summed E-state index contributed by atoms with van der Waals surface area (Å²) in [6, 6.07) is 9.44. The number of rotatable bonds is 6. The third kappa shape index (κ3) is 3.80. The van der Waals surface area contributed by atoms with Gasteiger partial charge in [0.05, 0.1) is 4.90 Å². The first kappa shape index (κ1) is 20.0. The van der Waals surface area contributed by atoms with Gasteiger partial charge in [-0.1, -0.05) is 29.8 Å². The number of sulfonamides is 1. The Morgan fingerprint density at radius 1 is 1.31 bits per heavy atom. The van der Waals surface area contributed by atoms with Crippen LogP contribution in [0.5, 0.6) is 11.5 Å². The zero-order valence-electron chi connectivity index (χ0n) is 15.6. The van der Waals surface area contributed by atoms with Gasteiger partial charge in [0.2, 0.25) is 10.0 Å². The number of aliphatic carboxylic acids is 1. The van der Waals surface area contributed by atoms with Crippen LogP contribution in [0.25, 0.3) is 0 Å². The van der Waals surface area contributed by atoms with E-state index in [4.69, 9.17) is 21.1 Å². The zero-order valence-corrected chi connectivity index (χ0v) is 17.2. The highest BCUT2D eigenvalue weighted by Gasteiger charge is 2.40. The number of carboxylic acids is 1. The minimum Gasteiger partial charge on any atom is -0.486 e. The van der Waals surface area contributed by atoms with Crippen molar-refractivity contribution in [2.24, 2.45) is 0 Å². The van der Waals surface area contributed by atoms with E-state index in [-0.39, 0.29) is 27.7 Å². The van der Waals surface area contributed by atoms with Gasteiger partial charge in [-0.15, -0.1) is 0 Å². The number of hydrogen-bond donors (Lipinski definition) is 2. The van der Waals surface area contributed by atoms with E-state index in [2.05, 4.69) is 4.72 Å². The van der Waals surface area contributed by atoms with E-state index in [1.807, 2.05) is 6.07 Å². The standard InChI is InChI=1S/C20H20ClNO6S/c1-11-8-9-12(10-15(11)21)29(25,26)22-19(20(23)24)28-17-7-3-5-14-13-4-2-6-16(13)27-18(14)17/h3,5,7-10,13,16,19,22H,2,4,6H2,1H3,(H,23,24). The molecule has 2 aliphatic rings. The van der Waals surface area contributed by atoms with E-state index >= 15 is 0 Å². The van der Waals surface area contributed by atoms with Crippen LogP contribution < -0.4 is 14.2 Å². The zero-order chi connectivity index (χ0) is 20.8. The Bertz CT molecular complexity index is 1070. The number of benzene rings is 2. The SMILES string of the molecule is Cc1ccc(S(=O)(=O)NC(Oc2cccc3c2OC2CCCC32)C(=O)O)cc1Cl. The molecule has 3 atom stereocenters. The van der Waals surface area contributed by atoms with E-state index in [0.717, 1.165) is 24.8 Å². The number of aryl methyl sites for hydroxylation is 1. The largest absolute Gasteiger partial charge is 0.486 e. The molecule has 0 radical (unpaired) electrons. The fraction of sp³-hybridized carbons (Fsp3) is 0.350. The second-order valence-electron chi connectivity index (χ2n) is 7.24. The molecular formula is C20H20ClNO6S. The van der Waals surface area contributed by atoms with Crippen LogP contribution in [0.4, 0.5) is 0 Å². The van der Waals surface area contributed by atoms with Crippen LogP contribution in [-0.2, 0) is 14.8 Å². The lowest BCUT2D eigenvalue weighted by Gasteiger charge is -2.19. The Morgan fingerprint density at radius 3 is 2.83 bits per heavy atom. The van der Waals surface area contributed by atoms with Gasteiger partial charge >= 0.3 is 5.97 Å². The minimum absolute atomic E-state index is 0.0596. The molecule has 154 valence electrons. The van der Waals surface area contributed by atoms with Crippen molar-refractivity contribution < 1.29 is 27.8 Å². The average molecular weight is 438 g/mol. The Hall–Kier alpha value is -2.29. The lowest BCUT2D eigenvalue weighted by molar-refractivity contribution is -0.145. The van der Waals surface area contributed by atoms with Crippen molar-refractivity contribution in [2.45, 2.75) is 49.3 Å². The molecule has 2 aromatic rings. The van der Waals surface area contributed by atoms with E-state index < -0.39 is 22.2 Å². The van der Waals surface area contributed by atoms with Crippen molar-refractivity contribution in [3.63, 3.8) is 0 Å². The molecule has 0 saturated heterocycles. The topological polar surface area (TPSA) is 102 Å². The number of fused-ring (bicyclic) bond motifs is 3. The first-order chi connectivity index (χ1) is 13.8. The van der Waals surface area contributed by atoms with Crippen LogP contribution in [0.15, 0.2) is 41.3 Å². The average Bonchev–Trinajstić information content (AvgIpc) is 3.25. The maximum atomic E-state index is 12.6. The number of para-hydroxylation sites is 1. The number of carbonyl (C=O) groups is 1. The minimum atomic E-state index is -4.17. The first-order valence-electron chi connectivity index (χ1n) is 9.24. The summed E-state index contributed by atoms with van der Waals surface area (Å²) in [5.41, 5.74) is 1.68. The molecule has 2 aromatic carbocycles. The van der Waals surface area contributed by atoms with Crippen molar-refractivity contribution in [1.82, 2.24) is 4.72 Å². The van der Waals surface area contributed by atoms with Crippen LogP contribution in [0.3, 0.4) is 0 Å². The summed E-state index contributed by atoms with van der Waals surface area (Å²) in [7, 11) is -4.17. The van der Waals surface area contributed by atoms with E-state index in [1.165, 1.54) is 12.1 Å². The van der Waals surface area contributed by atoms with Gasteiger partial charge in [0.1, 0.15) is 6.10 Å². The highest BCUT2D eigenvalue weighted by atomic mass is 35.5. The predicted octanol–water partition coefficient (Wildman–Crippen LogP) is 3.44. The molecule has 1 aliphatic carbocycles. The van der Waals surface area contributed by atoms with Crippen molar-refractivity contribution in [1.29, 1.82) is 0 Å². The van der Waals surface area contributed by atoms with Crippen molar-refractivity contribution in [3.05, 3.63) is 52.5 Å². The second-order valence-corrected chi connectivity index (χ2v) is 9.36. The molecule has 0 spiro atoms.